The molecule has 0 heterocycles. The number of carboxylic acid groups (broad SMARTS) is 1. The Balaban J connectivity index is 2.15. The zero-order valence-corrected chi connectivity index (χ0v) is 12.6. The first-order chi connectivity index (χ1) is 9.94. The van der Waals surface area contributed by atoms with E-state index in [0.29, 0.717) is 12.0 Å². The lowest BCUT2D eigenvalue weighted by Gasteiger charge is -2.13. The van der Waals surface area contributed by atoms with Crippen LogP contribution in [0.5, 0.6) is 0 Å². The van der Waals surface area contributed by atoms with Gasteiger partial charge in [-0.15, -0.1) is 0 Å². The molecule has 1 unspecified atom stereocenters. The largest absolute Gasteiger partial charge is 0.481 e. The molecule has 0 amide bonds. The fraction of sp³-hybridized carbons (Fsp3) is 0.188. The molecule has 0 radical (unpaired) electrons. The smallest absolute Gasteiger partial charge is 0.307 e. The van der Waals surface area contributed by atoms with Crippen LogP contribution < -0.4 is 0 Å². The second-order valence-corrected chi connectivity index (χ2v) is 5.76. The van der Waals surface area contributed by atoms with Crippen LogP contribution in [0.2, 0.25) is 0 Å². The first kappa shape index (κ1) is 15.6. The van der Waals surface area contributed by atoms with Crippen LogP contribution in [0.1, 0.15) is 11.1 Å². The lowest BCUT2D eigenvalue weighted by Crippen LogP contribution is -2.19. The van der Waals surface area contributed by atoms with Gasteiger partial charge in [-0.2, -0.15) is 0 Å². The van der Waals surface area contributed by atoms with Gasteiger partial charge in [0, 0.05) is 10.5 Å². The van der Waals surface area contributed by atoms with Gasteiger partial charge in [-0.1, -0.05) is 28.1 Å². The molecule has 5 heteroatoms. The summed E-state index contributed by atoms with van der Waals surface area (Å²) in [5.41, 5.74) is 1.21. The highest BCUT2D eigenvalue weighted by Crippen LogP contribution is 2.19. The molecule has 0 spiro atoms. The van der Waals surface area contributed by atoms with E-state index in [2.05, 4.69) is 15.9 Å². The number of benzene rings is 2. The van der Waals surface area contributed by atoms with Crippen LogP contribution in [0.3, 0.4) is 0 Å². The summed E-state index contributed by atoms with van der Waals surface area (Å²) in [5.74, 6) is -3.11. The van der Waals surface area contributed by atoms with Crippen molar-refractivity contribution in [1.82, 2.24) is 0 Å². The predicted octanol–water partition coefficient (Wildman–Crippen LogP) is 4.21. The number of carbonyl (C=O) groups is 1. The molecule has 0 saturated heterocycles. The number of aliphatic carboxylic acids is 1. The van der Waals surface area contributed by atoms with Crippen molar-refractivity contribution in [3.63, 3.8) is 0 Å². The highest BCUT2D eigenvalue weighted by Gasteiger charge is 2.19. The summed E-state index contributed by atoms with van der Waals surface area (Å²) in [6, 6.07) is 10.4. The molecule has 0 bridgehead atoms. The first-order valence-corrected chi connectivity index (χ1v) is 7.15. The highest BCUT2D eigenvalue weighted by molar-refractivity contribution is 9.10. The van der Waals surface area contributed by atoms with E-state index in [1.807, 2.05) is 24.3 Å². The molecular weight excluding hydrogens is 342 g/mol. The second kappa shape index (κ2) is 6.80. The minimum absolute atomic E-state index is 0.0834. The standard InChI is InChI=1S/C16H13BrF2O2/c17-13-3-1-10(2-4-13)5-12(16(20)21)6-11-7-14(18)9-15(19)8-11/h1-4,7-9,12H,5-6H2,(H,20,21). The van der Waals surface area contributed by atoms with Gasteiger partial charge in [0.25, 0.3) is 0 Å². The highest BCUT2D eigenvalue weighted by atomic mass is 79.9. The lowest BCUT2D eigenvalue weighted by atomic mass is 9.92. The van der Waals surface area contributed by atoms with Crippen molar-refractivity contribution < 1.29 is 18.7 Å². The summed E-state index contributed by atoms with van der Waals surface area (Å²) in [6.45, 7) is 0. The fourth-order valence-electron chi connectivity index (χ4n) is 2.17. The van der Waals surface area contributed by atoms with Crippen molar-refractivity contribution >= 4 is 21.9 Å². The average Bonchev–Trinajstić information content (AvgIpc) is 2.39. The SMILES string of the molecule is O=C(O)C(Cc1ccc(Br)cc1)Cc1cc(F)cc(F)c1. The van der Waals surface area contributed by atoms with Gasteiger partial charge in [-0.25, -0.2) is 8.78 Å². The Morgan fingerprint density at radius 2 is 1.52 bits per heavy atom. The number of hydrogen-bond acceptors (Lipinski definition) is 1. The Hall–Kier alpha value is -1.75. The summed E-state index contributed by atoms with van der Waals surface area (Å²) in [5, 5.41) is 9.29. The molecule has 0 aromatic heterocycles. The van der Waals surface area contributed by atoms with E-state index in [-0.39, 0.29) is 6.42 Å². The fourth-order valence-corrected chi connectivity index (χ4v) is 2.43. The van der Waals surface area contributed by atoms with Gasteiger partial charge in [0.05, 0.1) is 5.92 Å². The Morgan fingerprint density at radius 3 is 2.05 bits per heavy atom. The minimum Gasteiger partial charge on any atom is -0.481 e. The van der Waals surface area contributed by atoms with Crippen LogP contribution in [0.25, 0.3) is 0 Å². The third-order valence-electron chi connectivity index (χ3n) is 3.15. The van der Waals surface area contributed by atoms with Crippen molar-refractivity contribution in [3.8, 4) is 0 Å². The van der Waals surface area contributed by atoms with Crippen LogP contribution in [-0.4, -0.2) is 11.1 Å². The van der Waals surface area contributed by atoms with Gasteiger partial charge in [-0.05, 0) is 48.2 Å². The summed E-state index contributed by atoms with van der Waals surface area (Å²) in [7, 11) is 0. The molecule has 2 nitrogen and oxygen atoms in total. The van der Waals surface area contributed by atoms with Crippen molar-refractivity contribution in [2.45, 2.75) is 12.8 Å². The van der Waals surface area contributed by atoms with Gasteiger partial charge < -0.3 is 5.11 Å². The van der Waals surface area contributed by atoms with Gasteiger partial charge in [0.1, 0.15) is 11.6 Å². The maximum absolute atomic E-state index is 13.2. The number of carboxylic acids is 1. The molecule has 0 aliphatic carbocycles. The van der Waals surface area contributed by atoms with Gasteiger partial charge >= 0.3 is 5.97 Å². The number of halogens is 3. The second-order valence-electron chi connectivity index (χ2n) is 4.85. The van der Waals surface area contributed by atoms with E-state index >= 15 is 0 Å². The monoisotopic (exact) mass is 354 g/mol. The van der Waals surface area contributed by atoms with Crippen molar-refractivity contribution in [3.05, 3.63) is 69.7 Å². The van der Waals surface area contributed by atoms with Gasteiger partial charge in [0.15, 0.2) is 0 Å². The molecule has 0 aliphatic rings. The maximum atomic E-state index is 13.2. The van der Waals surface area contributed by atoms with Gasteiger partial charge in [-0.3, -0.25) is 4.79 Å². The Bertz CT molecular complexity index is 621. The first-order valence-electron chi connectivity index (χ1n) is 6.36. The predicted molar refractivity (Wildman–Crippen MR) is 79.0 cm³/mol. The maximum Gasteiger partial charge on any atom is 0.307 e. The molecule has 2 rings (SSSR count). The van der Waals surface area contributed by atoms with E-state index in [1.165, 1.54) is 12.1 Å². The summed E-state index contributed by atoms with van der Waals surface area (Å²) in [4.78, 5) is 11.3. The molecule has 0 saturated carbocycles. The summed E-state index contributed by atoms with van der Waals surface area (Å²) >= 11 is 3.31. The quantitative estimate of drug-likeness (QED) is 0.872. The van der Waals surface area contributed by atoms with Crippen molar-refractivity contribution in [2.24, 2.45) is 5.92 Å². The summed E-state index contributed by atoms with van der Waals surface area (Å²) in [6.07, 6.45) is 0.390. The third kappa shape index (κ3) is 4.63. The normalized spacial score (nSPS) is 12.1. The molecule has 0 fully saturated rings. The molecular formula is C16H13BrF2O2. The van der Waals surface area contributed by atoms with Crippen LogP contribution >= 0.6 is 15.9 Å². The lowest BCUT2D eigenvalue weighted by molar-refractivity contribution is -0.141. The molecule has 0 aliphatic heterocycles. The third-order valence-corrected chi connectivity index (χ3v) is 3.68. The Kier molecular flexibility index (Phi) is 5.07. The number of hydrogen-bond donors (Lipinski definition) is 1. The Morgan fingerprint density at radius 1 is 1.00 bits per heavy atom. The molecule has 2 aromatic carbocycles. The Labute approximate surface area is 129 Å². The van der Waals surface area contributed by atoms with E-state index in [0.717, 1.165) is 16.1 Å². The molecule has 2 aromatic rings. The van der Waals surface area contributed by atoms with Crippen LogP contribution in [0.15, 0.2) is 46.9 Å². The van der Waals surface area contributed by atoms with Gasteiger partial charge in [0.2, 0.25) is 0 Å². The van der Waals surface area contributed by atoms with Crippen LogP contribution in [0.4, 0.5) is 8.78 Å². The van der Waals surface area contributed by atoms with E-state index in [9.17, 15) is 18.7 Å². The van der Waals surface area contributed by atoms with E-state index < -0.39 is 23.5 Å². The van der Waals surface area contributed by atoms with E-state index in [4.69, 9.17) is 0 Å². The zero-order chi connectivity index (χ0) is 15.4. The van der Waals surface area contributed by atoms with E-state index in [1.54, 1.807) is 0 Å². The minimum atomic E-state index is -0.984. The van der Waals surface area contributed by atoms with Crippen molar-refractivity contribution in [1.29, 1.82) is 0 Å². The number of rotatable bonds is 5. The van der Waals surface area contributed by atoms with Crippen LogP contribution in [-0.2, 0) is 17.6 Å². The molecule has 110 valence electrons. The van der Waals surface area contributed by atoms with Crippen molar-refractivity contribution in [2.75, 3.05) is 0 Å². The van der Waals surface area contributed by atoms with Crippen LogP contribution in [0, 0.1) is 17.6 Å². The molecule has 1 atom stereocenters. The topological polar surface area (TPSA) is 37.3 Å². The average molecular weight is 355 g/mol. The summed E-state index contributed by atoms with van der Waals surface area (Å²) < 4.78 is 27.2. The zero-order valence-electron chi connectivity index (χ0n) is 11.0. The molecule has 21 heavy (non-hydrogen) atoms. The molecule has 1 N–H and O–H groups in total.